The molecule has 6 nitrogen and oxygen atoms in total. The molecule has 0 aliphatic carbocycles. The standard InChI is InChI=1S/C12H9BrF2N2O4/c13-11(18)7-2-1-3-9(21-12(14)15)8(7)6-20-10-4-5-17(19)16-10/h1-5,12,19H,6H2. The summed E-state index contributed by atoms with van der Waals surface area (Å²) >= 11 is 2.77. The SMILES string of the molecule is O=C(Br)c1cccc(OC(F)F)c1COc1ccn(O)n1. The number of rotatable bonds is 6. The molecule has 2 rings (SSSR count). The number of halogens is 3. The molecule has 21 heavy (non-hydrogen) atoms. The van der Waals surface area contributed by atoms with Gasteiger partial charge >= 0.3 is 6.61 Å². The largest absolute Gasteiger partial charge is 0.471 e. The molecule has 0 unspecified atom stereocenters. The molecule has 1 aromatic carbocycles. The van der Waals surface area contributed by atoms with Gasteiger partial charge in [0.2, 0.25) is 10.6 Å². The van der Waals surface area contributed by atoms with E-state index >= 15 is 0 Å². The van der Waals surface area contributed by atoms with E-state index in [1.165, 1.54) is 30.5 Å². The molecule has 0 saturated heterocycles. The highest BCUT2D eigenvalue weighted by molar-refractivity contribution is 9.18. The molecular weight excluding hydrogens is 354 g/mol. The van der Waals surface area contributed by atoms with Crippen molar-refractivity contribution in [3.05, 3.63) is 41.6 Å². The number of hydrogen-bond donors (Lipinski definition) is 1. The van der Waals surface area contributed by atoms with Crippen molar-refractivity contribution in [2.75, 3.05) is 0 Å². The monoisotopic (exact) mass is 362 g/mol. The number of carbonyl (C=O) groups excluding carboxylic acids is 1. The molecule has 0 amide bonds. The molecule has 1 N–H and O–H groups in total. The second-order valence-corrected chi connectivity index (χ2v) is 4.52. The molecule has 1 heterocycles. The lowest BCUT2D eigenvalue weighted by atomic mass is 10.1. The van der Waals surface area contributed by atoms with Crippen LogP contribution in [0.15, 0.2) is 30.5 Å². The van der Waals surface area contributed by atoms with Crippen LogP contribution in [0.5, 0.6) is 11.6 Å². The highest BCUT2D eigenvalue weighted by atomic mass is 79.9. The summed E-state index contributed by atoms with van der Waals surface area (Å²) in [6, 6.07) is 5.53. The van der Waals surface area contributed by atoms with E-state index in [2.05, 4.69) is 25.8 Å². The molecule has 0 spiro atoms. The Bertz CT molecular complexity index is 648. The zero-order valence-electron chi connectivity index (χ0n) is 10.4. The number of hydrogen-bond acceptors (Lipinski definition) is 5. The maximum Gasteiger partial charge on any atom is 0.387 e. The first kappa shape index (κ1) is 15.2. The lowest BCUT2D eigenvalue weighted by molar-refractivity contribution is -0.0509. The van der Waals surface area contributed by atoms with Crippen molar-refractivity contribution in [1.29, 1.82) is 0 Å². The molecule has 0 radical (unpaired) electrons. The van der Waals surface area contributed by atoms with E-state index in [4.69, 9.17) is 9.94 Å². The second-order valence-electron chi connectivity index (χ2n) is 3.80. The van der Waals surface area contributed by atoms with Gasteiger partial charge in [-0.25, -0.2) is 0 Å². The third-order valence-electron chi connectivity index (χ3n) is 2.48. The number of benzene rings is 1. The third-order valence-corrected chi connectivity index (χ3v) is 2.90. The maximum absolute atomic E-state index is 12.4. The minimum Gasteiger partial charge on any atom is -0.471 e. The van der Waals surface area contributed by atoms with Crippen molar-refractivity contribution in [2.24, 2.45) is 0 Å². The van der Waals surface area contributed by atoms with Crippen molar-refractivity contribution in [3.8, 4) is 11.6 Å². The summed E-state index contributed by atoms with van der Waals surface area (Å²) in [5.74, 6) is -0.101. The van der Waals surface area contributed by atoms with Gasteiger partial charge in [0.05, 0.1) is 6.20 Å². The van der Waals surface area contributed by atoms with Gasteiger partial charge in [-0.15, -0.1) is 4.85 Å². The Morgan fingerprint density at radius 2 is 2.19 bits per heavy atom. The fourth-order valence-corrected chi connectivity index (χ4v) is 2.00. The number of aromatic nitrogens is 2. The van der Waals surface area contributed by atoms with Crippen LogP contribution < -0.4 is 9.47 Å². The number of alkyl halides is 2. The molecule has 0 fully saturated rings. The Hall–Kier alpha value is -2.16. The Kier molecular flexibility index (Phi) is 4.73. The minimum atomic E-state index is -3.03. The zero-order chi connectivity index (χ0) is 15.4. The molecule has 112 valence electrons. The normalized spacial score (nSPS) is 10.7. The van der Waals surface area contributed by atoms with E-state index in [0.29, 0.717) is 4.85 Å². The molecule has 2 aromatic rings. The van der Waals surface area contributed by atoms with Gasteiger partial charge in [0.15, 0.2) is 0 Å². The van der Waals surface area contributed by atoms with Crippen LogP contribution in [0.2, 0.25) is 0 Å². The van der Waals surface area contributed by atoms with Gasteiger partial charge in [0.25, 0.3) is 0 Å². The van der Waals surface area contributed by atoms with Crippen LogP contribution in [0, 0.1) is 0 Å². The van der Waals surface area contributed by atoms with Gasteiger partial charge in [-0.1, -0.05) is 11.2 Å². The van der Waals surface area contributed by atoms with E-state index in [0.717, 1.165) is 0 Å². The van der Waals surface area contributed by atoms with Gasteiger partial charge in [-0.3, -0.25) is 4.79 Å². The van der Waals surface area contributed by atoms with Gasteiger partial charge in [0.1, 0.15) is 12.4 Å². The first-order valence-electron chi connectivity index (χ1n) is 5.61. The first-order chi connectivity index (χ1) is 9.97. The average molecular weight is 363 g/mol. The van der Waals surface area contributed by atoms with Crippen LogP contribution in [-0.2, 0) is 6.61 Å². The van der Waals surface area contributed by atoms with E-state index in [-0.39, 0.29) is 29.4 Å². The Balaban J connectivity index is 2.27. The summed E-state index contributed by atoms with van der Waals surface area (Å²) < 4.78 is 33.9. The van der Waals surface area contributed by atoms with Crippen LogP contribution in [0.4, 0.5) is 8.78 Å². The van der Waals surface area contributed by atoms with Gasteiger partial charge in [-0.05, 0) is 28.1 Å². The molecule has 0 atom stereocenters. The van der Waals surface area contributed by atoms with Gasteiger partial charge < -0.3 is 14.7 Å². The molecule has 9 heteroatoms. The molecule has 0 aliphatic rings. The topological polar surface area (TPSA) is 73.6 Å². The fourth-order valence-electron chi connectivity index (χ4n) is 1.63. The van der Waals surface area contributed by atoms with Crippen molar-refractivity contribution < 1.29 is 28.3 Å². The van der Waals surface area contributed by atoms with Crippen molar-refractivity contribution in [2.45, 2.75) is 13.2 Å². The predicted molar refractivity (Wildman–Crippen MR) is 70.1 cm³/mol. The first-order valence-corrected chi connectivity index (χ1v) is 6.41. The van der Waals surface area contributed by atoms with E-state index in [1.54, 1.807) is 0 Å². The van der Waals surface area contributed by atoms with E-state index in [1.807, 2.05) is 0 Å². The van der Waals surface area contributed by atoms with Crippen molar-refractivity contribution >= 4 is 20.6 Å². The highest BCUT2D eigenvalue weighted by Crippen LogP contribution is 2.27. The molecular formula is C12H9BrF2N2O4. The highest BCUT2D eigenvalue weighted by Gasteiger charge is 2.17. The van der Waals surface area contributed by atoms with Crippen molar-refractivity contribution in [3.63, 3.8) is 0 Å². The second kappa shape index (κ2) is 6.53. The zero-order valence-corrected chi connectivity index (χ0v) is 12.0. The van der Waals surface area contributed by atoms with Gasteiger partial charge in [0, 0.05) is 17.2 Å². The van der Waals surface area contributed by atoms with Crippen LogP contribution in [-0.4, -0.2) is 26.5 Å². The maximum atomic E-state index is 12.4. The minimum absolute atomic E-state index is 0.0670. The summed E-state index contributed by atoms with van der Waals surface area (Å²) in [5, 5.41) is 12.6. The number of ether oxygens (including phenoxy) is 2. The average Bonchev–Trinajstić information content (AvgIpc) is 2.82. The summed E-state index contributed by atoms with van der Waals surface area (Å²) in [6.45, 7) is -3.26. The predicted octanol–water partition coefficient (Wildman–Crippen LogP) is 2.84. The summed E-state index contributed by atoms with van der Waals surface area (Å²) in [7, 11) is 0. The van der Waals surface area contributed by atoms with Gasteiger partial charge in [-0.2, -0.15) is 8.78 Å². The molecule has 0 aliphatic heterocycles. The van der Waals surface area contributed by atoms with Crippen LogP contribution in [0.1, 0.15) is 15.9 Å². The number of carbonyl (C=O) groups is 1. The summed E-state index contributed by atoms with van der Waals surface area (Å²) in [4.78, 5) is 12.0. The molecule has 0 bridgehead atoms. The van der Waals surface area contributed by atoms with E-state index < -0.39 is 11.3 Å². The summed E-state index contributed by atoms with van der Waals surface area (Å²) in [5.41, 5.74) is 0.281. The van der Waals surface area contributed by atoms with Crippen LogP contribution in [0.3, 0.4) is 0 Å². The Labute approximate surface area is 126 Å². The lowest BCUT2D eigenvalue weighted by Gasteiger charge is -2.13. The van der Waals surface area contributed by atoms with Crippen LogP contribution in [0.25, 0.3) is 0 Å². The molecule has 1 aromatic heterocycles. The fraction of sp³-hybridized carbons (Fsp3) is 0.167. The smallest absolute Gasteiger partial charge is 0.387 e. The Morgan fingerprint density at radius 3 is 2.76 bits per heavy atom. The Morgan fingerprint density at radius 1 is 1.43 bits per heavy atom. The number of nitrogens with zero attached hydrogens (tertiary/aromatic N) is 2. The summed E-state index contributed by atoms with van der Waals surface area (Å²) in [6.07, 6.45) is 1.23. The van der Waals surface area contributed by atoms with E-state index in [9.17, 15) is 13.6 Å². The van der Waals surface area contributed by atoms with Crippen molar-refractivity contribution in [1.82, 2.24) is 9.94 Å². The third kappa shape index (κ3) is 3.91. The molecule has 0 saturated carbocycles. The van der Waals surface area contributed by atoms with Crippen LogP contribution >= 0.6 is 15.9 Å². The quantitative estimate of drug-likeness (QED) is 0.631. The lowest BCUT2D eigenvalue weighted by Crippen LogP contribution is -2.09.